The highest BCUT2D eigenvalue weighted by atomic mass is 19.1. The van der Waals surface area contributed by atoms with Gasteiger partial charge in [0.05, 0.1) is 30.0 Å². The maximum atomic E-state index is 15.1. The lowest BCUT2D eigenvalue weighted by Crippen LogP contribution is -2.32. The Hall–Kier alpha value is -2.12. The SMILES string of the molecule is CO[C@@H]1CCC[C@H]1Nc1nnc(-c2ccc(C3(F)CC3)cc2F)c2c1COC1(CC1)C2. The van der Waals surface area contributed by atoms with Crippen LogP contribution in [-0.2, 0) is 28.2 Å². The van der Waals surface area contributed by atoms with Crippen LogP contribution in [0.1, 0.15) is 61.6 Å². The summed E-state index contributed by atoms with van der Waals surface area (Å²) in [5.74, 6) is 0.270. The van der Waals surface area contributed by atoms with Gasteiger partial charge in [-0.25, -0.2) is 8.78 Å². The molecule has 0 bridgehead atoms. The van der Waals surface area contributed by atoms with Gasteiger partial charge in [-0.05, 0) is 68.2 Å². The van der Waals surface area contributed by atoms with Crippen molar-refractivity contribution in [2.24, 2.45) is 0 Å². The normalized spacial score (nSPS) is 27.2. The van der Waals surface area contributed by atoms with Gasteiger partial charge < -0.3 is 14.8 Å². The number of rotatable bonds is 5. The monoisotopic (exact) mass is 427 g/mol. The minimum Gasteiger partial charge on any atom is -0.379 e. The number of methoxy groups -OCH3 is 1. The van der Waals surface area contributed by atoms with Crippen molar-refractivity contribution < 1.29 is 18.3 Å². The zero-order valence-corrected chi connectivity index (χ0v) is 17.7. The highest BCUT2D eigenvalue weighted by Crippen LogP contribution is 2.51. The summed E-state index contributed by atoms with van der Waals surface area (Å²) in [6.45, 7) is 0.442. The van der Waals surface area contributed by atoms with Crippen molar-refractivity contribution in [2.75, 3.05) is 12.4 Å². The second-order valence-electron chi connectivity index (χ2n) is 9.62. The highest BCUT2D eigenvalue weighted by molar-refractivity contribution is 5.69. The van der Waals surface area contributed by atoms with Crippen LogP contribution < -0.4 is 5.32 Å². The lowest BCUT2D eigenvalue weighted by molar-refractivity contribution is 0.00826. The Bertz CT molecular complexity index is 1040. The van der Waals surface area contributed by atoms with E-state index in [-0.39, 0.29) is 17.7 Å². The molecule has 2 atom stereocenters. The summed E-state index contributed by atoms with van der Waals surface area (Å²) in [6, 6.07) is 4.87. The number of nitrogens with zero attached hydrogens (tertiary/aromatic N) is 2. The van der Waals surface area contributed by atoms with Gasteiger partial charge in [0.25, 0.3) is 0 Å². The molecule has 31 heavy (non-hydrogen) atoms. The first-order valence-corrected chi connectivity index (χ1v) is 11.3. The molecular formula is C24H27F2N3O2. The molecule has 1 spiro atoms. The van der Waals surface area contributed by atoms with Crippen molar-refractivity contribution in [3.05, 3.63) is 40.7 Å². The quantitative estimate of drug-likeness (QED) is 0.741. The number of anilines is 1. The van der Waals surface area contributed by atoms with Gasteiger partial charge in [-0.15, -0.1) is 10.2 Å². The fourth-order valence-electron chi connectivity index (χ4n) is 5.18. The van der Waals surface area contributed by atoms with Crippen LogP contribution in [0.3, 0.4) is 0 Å². The van der Waals surface area contributed by atoms with Gasteiger partial charge in [0, 0.05) is 24.7 Å². The van der Waals surface area contributed by atoms with E-state index in [2.05, 4.69) is 15.5 Å². The van der Waals surface area contributed by atoms with Crippen molar-refractivity contribution in [1.29, 1.82) is 0 Å². The summed E-state index contributed by atoms with van der Waals surface area (Å²) in [7, 11) is 1.74. The molecule has 0 amide bonds. The average Bonchev–Trinajstić information content (AvgIpc) is 3.66. The summed E-state index contributed by atoms with van der Waals surface area (Å²) < 4.78 is 41.3. The van der Waals surface area contributed by atoms with Gasteiger partial charge in [-0.2, -0.15) is 0 Å². The number of benzene rings is 1. The number of hydrogen-bond acceptors (Lipinski definition) is 5. The standard InChI is InChI=1S/C24H27F2N3O2/c1-30-20-4-2-3-19(20)27-22-17-13-31-23(7-8-23)12-16(17)21(28-29-22)15-6-5-14(11-18(15)25)24(26)9-10-24/h5-6,11,19-20H,2-4,7-10,12-13H2,1H3,(H,27,29)/t19-,20-/m1/s1. The first kappa shape index (κ1) is 19.6. The average molecular weight is 427 g/mol. The Balaban J connectivity index is 1.39. The first-order chi connectivity index (χ1) is 15.0. The second kappa shape index (κ2) is 6.94. The summed E-state index contributed by atoms with van der Waals surface area (Å²) in [5.41, 5.74) is 1.82. The van der Waals surface area contributed by atoms with Crippen LogP contribution >= 0.6 is 0 Å². The number of fused-ring (bicyclic) bond motifs is 1. The molecule has 0 saturated heterocycles. The van der Waals surface area contributed by atoms with Gasteiger partial charge in [0.2, 0.25) is 0 Å². The molecule has 3 aliphatic carbocycles. The topological polar surface area (TPSA) is 56.3 Å². The fourth-order valence-corrected chi connectivity index (χ4v) is 5.18. The smallest absolute Gasteiger partial charge is 0.154 e. The molecule has 1 aromatic carbocycles. The largest absolute Gasteiger partial charge is 0.379 e. The molecule has 2 aromatic rings. The van der Waals surface area contributed by atoms with E-state index in [1.165, 1.54) is 6.07 Å². The fraction of sp³-hybridized carbons (Fsp3) is 0.583. The Kier molecular flexibility index (Phi) is 4.38. The van der Waals surface area contributed by atoms with E-state index in [1.807, 2.05) is 0 Å². The molecule has 5 nitrogen and oxygen atoms in total. The Morgan fingerprint density at radius 2 is 1.97 bits per heavy atom. The van der Waals surface area contributed by atoms with E-state index < -0.39 is 11.5 Å². The Morgan fingerprint density at radius 1 is 1.13 bits per heavy atom. The second-order valence-corrected chi connectivity index (χ2v) is 9.62. The molecule has 0 radical (unpaired) electrons. The lowest BCUT2D eigenvalue weighted by atomic mass is 9.92. The van der Waals surface area contributed by atoms with E-state index in [0.29, 0.717) is 48.5 Å². The van der Waals surface area contributed by atoms with Gasteiger partial charge in [-0.3, -0.25) is 0 Å². The zero-order valence-electron chi connectivity index (χ0n) is 17.7. The molecule has 2 heterocycles. The molecule has 1 aliphatic heterocycles. The number of aromatic nitrogens is 2. The minimum atomic E-state index is -1.36. The van der Waals surface area contributed by atoms with Crippen molar-refractivity contribution in [3.8, 4) is 11.3 Å². The predicted molar refractivity (Wildman–Crippen MR) is 112 cm³/mol. The Labute approximate surface area is 180 Å². The highest BCUT2D eigenvalue weighted by Gasteiger charge is 2.48. The van der Waals surface area contributed by atoms with Gasteiger partial charge in [0.15, 0.2) is 5.82 Å². The number of nitrogens with one attached hydrogen (secondary N) is 1. The molecular weight excluding hydrogens is 400 g/mol. The Morgan fingerprint density at radius 3 is 2.68 bits per heavy atom. The van der Waals surface area contributed by atoms with Gasteiger partial charge in [-0.1, -0.05) is 6.07 Å². The summed E-state index contributed by atoms with van der Waals surface area (Å²) in [6.07, 6.45) is 6.95. The number of hydrogen-bond donors (Lipinski definition) is 1. The van der Waals surface area contributed by atoms with Crippen LogP contribution in [0.4, 0.5) is 14.6 Å². The maximum Gasteiger partial charge on any atom is 0.154 e. The lowest BCUT2D eigenvalue weighted by Gasteiger charge is -2.29. The van der Waals surface area contributed by atoms with Crippen molar-refractivity contribution in [3.63, 3.8) is 0 Å². The number of alkyl halides is 1. The molecule has 3 saturated carbocycles. The molecule has 6 rings (SSSR count). The van der Waals surface area contributed by atoms with Gasteiger partial charge >= 0.3 is 0 Å². The van der Waals surface area contributed by atoms with Crippen LogP contribution in [0.5, 0.6) is 0 Å². The summed E-state index contributed by atoms with van der Waals surface area (Å²) in [4.78, 5) is 0. The maximum absolute atomic E-state index is 15.1. The predicted octanol–water partition coefficient (Wildman–Crippen LogP) is 4.83. The van der Waals surface area contributed by atoms with Crippen LogP contribution in [-0.4, -0.2) is 35.1 Å². The van der Waals surface area contributed by atoms with E-state index in [4.69, 9.17) is 9.47 Å². The minimum absolute atomic E-state index is 0.141. The molecule has 0 unspecified atom stereocenters. The van der Waals surface area contributed by atoms with Gasteiger partial charge in [0.1, 0.15) is 11.5 Å². The van der Waals surface area contributed by atoms with Crippen molar-refractivity contribution >= 4 is 5.82 Å². The third-order valence-electron chi connectivity index (χ3n) is 7.52. The van der Waals surface area contributed by atoms with Crippen LogP contribution in [0.15, 0.2) is 18.2 Å². The molecule has 3 fully saturated rings. The molecule has 4 aliphatic rings. The van der Waals surface area contributed by atoms with E-state index in [9.17, 15) is 4.39 Å². The summed E-state index contributed by atoms with van der Waals surface area (Å²) in [5, 5.41) is 12.5. The number of ether oxygens (including phenoxy) is 2. The van der Waals surface area contributed by atoms with Crippen molar-refractivity contribution in [1.82, 2.24) is 10.2 Å². The molecule has 1 N–H and O–H groups in total. The third kappa shape index (κ3) is 3.33. The zero-order chi connectivity index (χ0) is 21.2. The van der Waals surface area contributed by atoms with Crippen LogP contribution in [0.2, 0.25) is 0 Å². The van der Waals surface area contributed by atoms with E-state index >= 15 is 4.39 Å². The van der Waals surface area contributed by atoms with Crippen LogP contribution in [0, 0.1) is 5.82 Å². The van der Waals surface area contributed by atoms with Crippen molar-refractivity contribution in [2.45, 2.75) is 81.4 Å². The first-order valence-electron chi connectivity index (χ1n) is 11.3. The van der Waals surface area contributed by atoms with E-state index in [1.54, 1.807) is 19.2 Å². The molecule has 7 heteroatoms. The van der Waals surface area contributed by atoms with E-state index in [0.717, 1.165) is 43.2 Å². The molecule has 1 aromatic heterocycles. The third-order valence-corrected chi connectivity index (χ3v) is 7.52. The number of halogens is 2. The molecule has 164 valence electrons. The summed E-state index contributed by atoms with van der Waals surface area (Å²) >= 11 is 0. The van der Waals surface area contributed by atoms with Crippen LogP contribution in [0.25, 0.3) is 11.3 Å².